The van der Waals surface area contributed by atoms with E-state index >= 15 is 0 Å². The van der Waals surface area contributed by atoms with Crippen LogP contribution in [0.3, 0.4) is 0 Å². The van der Waals surface area contributed by atoms with E-state index in [9.17, 15) is 9.59 Å². The molecule has 0 aromatic rings. The van der Waals surface area contributed by atoms with E-state index in [1.165, 1.54) is 12.8 Å². The van der Waals surface area contributed by atoms with Crippen LogP contribution in [0.4, 0.5) is 0 Å². The van der Waals surface area contributed by atoms with Crippen LogP contribution in [0.15, 0.2) is 0 Å². The Kier molecular flexibility index (Phi) is 4.80. The molecular formula is C14H25N3O2. The lowest BCUT2D eigenvalue weighted by molar-refractivity contribution is -0.139. The van der Waals surface area contributed by atoms with Crippen LogP contribution < -0.4 is 5.32 Å². The normalized spacial score (nSPS) is 20.0. The summed E-state index contributed by atoms with van der Waals surface area (Å²) in [4.78, 5) is 27.5. The maximum absolute atomic E-state index is 12.2. The molecule has 2 amide bonds. The highest BCUT2D eigenvalue weighted by atomic mass is 16.2. The lowest BCUT2D eigenvalue weighted by Crippen LogP contribution is -2.52. The molecule has 1 aliphatic heterocycles. The highest BCUT2D eigenvalue weighted by Crippen LogP contribution is 2.27. The first-order chi connectivity index (χ1) is 9.06. The summed E-state index contributed by atoms with van der Waals surface area (Å²) in [6.07, 6.45) is 3.56. The summed E-state index contributed by atoms with van der Waals surface area (Å²) in [6, 6.07) is 0.598. The Labute approximate surface area is 115 Å². The first kappa shape index (κ1) is 14.3. The monoisotopic (exact) mass is 267 g/mol. The van der Waals surface area contributed by atoms with Gasteiger partial charge in [0.05, 0.1) is 13.1 Å². The van der Waals surface area contributed by atoms with Crippen molar-refractivity contribution in [2.24, 2.45) is 5.92 Å². The zero-order valence-electron chi connectivity index (χ0n) is 12.0. The van der Waals surface area contributed by atoms with E-state index < -0.39 is 0 Å². The van der Waals surface area contributed by atoms with Crippen LogP contribution in [-0.2, 0) is 9.59 Å². The molecule has 0 aromatic heterocycles. The summed E-state index contributed by atoms with van der Waals surface area (Å²) in [5.74, 6) is 0.724. The van der Waals surface area contributed by atoms with Crippen molar-refractivity contribution in [3.63, 3.8) is 0 Å². The van der Waals surface area contributed by atoms with Crippen molar-refractivity contribution in [1.29, 1.82) is 0 Å². The Bertz CT molecular complexity index is 340. The highest BCUT2D eigenvalue weighted by Gasteiger charge is 2.31. The summed E-state index contributed by atoms with van der Waals surface area (Å²) >= 11 is 0. The predicted octanol–water partition coefficient (Wildman–Crippen LogP) is 0.455. The molecule has 0 atom stereocenters. The van der Waals surface area contributed by atoms with Gasteiger partial charge in [-0.15, -0.1) is 0 Å². The van der Waals surface area contributed by atoms with Gasteiger partial charge in [-0.2, -0.15) is 0 Å². The Hall–Kier alpha value is -1.10. The van der Waals surface area contributed by atoms with Gasteiger partial charge in [-0.1, -0.05) is 13.8 Å². The minimum atomic E-state index is -0.0419. The molecule has 1 saturated heterocycles. The minimum absolute atomic E-state index is 0.0419. The minimum Gasteiger partial charge on any atom is -0.353 e. The standard InChI is InChI=1S/C14H25N3O2/c1-11(2)5-7-16(12-3-4-12)10-14(19)17-8-6-15-13(18)9-17/h11-12H,3-10H2,1-2H3,(H,15,18). The fraction of sp³-hybridized carbons (Fsp3) is 0.857. The topological polar surface area (TPSA) is 52.7 Å². The third kappa shape index (κ3) is 4.49. The zero-order valence-corrected chi connectivity index (χ0v) is 12.0. The van der Waals surface area contributed by atoms with E-state index in [4.69, 9.17) is 0 Å². The van der Waals surface area contributed by atoms with Crippen molar-refractivity contribution in [2.45, 2.75) is 39.2 Å². The molecule has 0 spiro atoms. The van der Waals surface area contributed by atoms with E-state index in [1.807, 2.05) is 0 Å². The van der Waals surface area contributed by atoms with Crippen molar-refractivity contribution in [2.75, 3.05) is 32.7 Å². The molecule has 0 radical (unpaired) electrons. The molecular weight excluding hydrogens is 242 g/mol. The average Bonchev–Trinajstić information content (AvgIpc) is 3.18. The molecule has 5 nitrogen and oxygen atoms in total. The fourth-order valence-corrected chi connectivity index (χ4v) is 2.38. The molecule has 0 unspecified atom stereocenters. The third-order valence-corrected chi connectivity index (χ3v) is 3.79. The Morgan fingerprint density at radius 1 is 1.47 bits per heavy atom. The SMILES string of the molecule is CC(C)CCN(CC(=O)N1CCNC(=O)C1)C1CC1. The van der Waals surface area contributed by atoms with Gasteiger partial charge in [0.2, 0.25) is 11.8 Å². The summed E-state index contributed by atoms with van der Waals surface area (Å²) in [7, 11) is 0. The molecule has 1 N–H and O–H groups in total. The number of carbonyl (C=O) groups excluding carboxylic acids is 2. The molecule has 1 saturated carbocycles. The van der Waals surface area contributed by atoms with E-state index in [0.717, 1.165) is 13.0 Å². The first-order valence-electron chi connectivity index (χ1n) is 7.35. The van der Waals surface area contributed by atoms with Gasteiger partial charge >= 0.3 is 0 Å². The van der Waals surface area contributed by atoms with Crippen molar-refractivity contribution >= 4 is 11.8 Å². The number of amides is 2. The number of nitrogens with zero attached hydrogens (tertiary/aromatic N) is 2. The third-order valence-electron chi connectivity index (χ3n) is 3.79. The summed E-state index contributed by atoms with van der Waals surface area (Å²) in [5, 5.41) is 2.75. The van der Waals surface area contributed by atoms with Crippen molar-refractivity contribution in [3.8, 4) is 0 Å². The molecule has 5 heteroatoms. The van der Waals surface area contributed by atoms with Crippen LogP contribution in [0.25, 0.3) is 0 Å². The van der Waals surface area contributed by atoms with Crippen molar-refractivity contribution < 1.29 is 9.59 Å². The number of carbonyl (C=O) groups is 2. The number of hydrogen-bond acceptors (Lipinski definition) is 3. The maximum atomic E-state index is 12.2. The fourth-order valence-electron chi connectivity index (χ4n) is 2.38. The van der Waals surface area contributed by atoms with Crippen LogP contribution in [0.1, 0.15) is 33.1 Å². The van der Waals surface area contributed by atoms with Crippen LogP contribution in [0, 0.1) is 5.92 Å². The number of piperazine rings is 1. The van der Waals surface area contributed by atoms with Gasteiger partial charge in [-0.3, -0.25) is 14.5 Å². The van der Waals surface area contributed by atoms with Crippen molar-refractivity contribution in [1.82, 2.24) is 15.1 Å². The molecule has 2 rings (SSSR count). The van der Waals surface area contributed by atoms with E-state index in [2.05, 4.69) is 24.1 Å². The van der Waals surface area contributed by atoms with Crippen LogP contribution >= 0.6 is 0 Å². The van der Waals surface area contributed by atoms with E-state index in [-0.39, 0.29) is 18.4 Å². The number of nitrogens with one attached hydrogen (secondary N) is 1. The van der Waals surface area contributed by atoms with Gasteiger partial charge in [-0.05, 0) is 31.7 Å². The van der Waals surface area contributed by atoms with Crippen molar-refractivity contribution in [3.05, 3.63) is 0 Å². The molecule has 108 valence electrons. The molecule has 2 aliphatic rings. The molecule has 0 aromatic carbocycles. The summed E-state index contributed by atoms with van der Waals surface area (Å²) < 4.78 is 0. The van der Waals surface area contributed by atoms with Crippen LogP contribution in [0.5, 0.6) is 0 Å². The molecule has 1 aliphatic carbocycles. The lowest BCUT2D eigenvalue weighted by Gasteiger charge is -2.30. The quantitative estimate of drug-likeness (QED) is 0.760. The van der Waals surface area contributed by atoms with Gasteiger partial charge in [0.25, 0.3) is 0 Å². The second-order valence-electron chi connectivity index (χ2n) is 6.05. The first-order valence-corrected chi connectivity index (χ1v) is 7.35. The van der Waals surface area contributed by atoms with Crippen LogP contribution in [-0.4, -0.2) is 60.4 Å². The Balaban J connectivity index is 1.82. The summed E-state index contributed by atoms with van der Waals surface area (Å²) in [5.41, 5.74) is 0. The average molecular weight is 267 g/mol. The molecule has 0 bridgehead atoms. The second kappa shape index (κ2) is 6.37. The smallest absolute Gasteiger partial charge is 0.239 e. The highest BCUT2D eigenvalue weighted by molar-refractivity contribution is 5.86. The Morgan fingerprint density at radius 3 is 2.79 bits per heavy atom. The molecule has 19 heavy (non-hydrogen) atoms. The van der Waals surface area contributed by atoms with Gasteiger partial charge in [0.1, 0.15) is 0 Å². The van der Waals surface area contributed by atoms with E-state index in [0.29, 0.717) is 31.6 Å². The van der Waals surface area contributed by atoms with Gasteiger partial charge in [0, 0.05) is 19.1 Å². The van der Waals surface area contributed by atoms with Gasteiger partial charge < -0.3 is 10.2 Å². The Morgan fingerprint density at radius 2 is 2.21 bits per heavy atom. The summed E-state index contributed by atoms with van der Waals surface area (Å²) in [6.45, 7) is 7.34. The van der Waals surface area contributed by atoms with E-state index in [1.54, 1.807) is 4.90 Å². The number of rotatable bonds is 6. The maximum Gasteiger partial charge on any atom is 0.239 e. The molecule has 2 fully saturated rings. The predicted molar refractivity (Wildman–Crippen MR) is 73.6 cm³/mol. The van der Waals surface area contributed by atoms with Gasteiger partial charge in [0.15, 0.2) is 0 Å². The number of hydrogen-bond donors (Lipinski definition) is 1. The van der Waals surface area contributed by atoms with Gasteiger partial charge in [-0.25, -0.2) is 0 Å². The molecule has 1 heterocycles. The lowest BCUT2D eigenvalue weighted by atomic mass is 10.1. The van der Waals surface area contributed by atoms with Crippen LogP contribution in [0.2, 0.25) is 0 Å². The zero-order chi connectivity index (χ0) is 13.8. The second-order valence-corrected chi connectivity index (χ2v) is 6.05. The largest absolute Gasteiger partial charge is 0.353 e.